The van der Waals surface area contributed by atoms with E-state index in [0.29, 0.717) is 24.4 Å². The molecule has 1 saturated heterocycles. The highest BCUT2D eigenvalue weighted by Crippen LogP contribution is 2.23. The lowest BCUT2D eigenvalue weighted by Gasteiger charge is -2.34. The summed E-state index contributed by atoms with van der Waals surface area (Å²) in [6.45, 7) is 10.5. The Morgan fingerprint density at radius 2 is 2.17 bits per heavy atom. The molecule has 2 rings (SSSR count). The van der Waals surface area contributed by atoms with Crippen molar-refractivity contribution >= 4 is 0 Å². The lowest BCUT2D eigenvalue weighted by Crippen LogP contribution is -2.42. The van der Waals surface area contributed by atoms with E-state index in [2.05, 4.69) is 28.9 Å². The molecule has 0 spiro atoms. The summed E-state index contributed by atoms with van der Waals surface area (Å²) >= 11 is 0. The lowest BCUT2D eigenvalue weighted by atomic mass is 10.1. The van der Waals surface area contributed by atoms with E-state index in [4.69, 9.17) is 15.0 Å². The standard InChI is InChI=1S/C12H22N4O2/c1-8(2)16-5-6-17-9(7-16)10-14-11(18-15-10)12(3,4)13/h8-9H,5-7,13H2,1-4H3. The van der Waals surface area contributed by atoms with E-state index in [9.17, 15) is 0 Å². The van der Waals surface area contributed by atoms with E-state index < -0.39 is 5.54 Å². The number of aromatic nitrogens is 2. The number of hydrogen-bond acceptors (Lipinski definition) is 6. The van der Waals surface area contributed by atoms with Crippen molar-refractivity contribution in [3.63, 3.8) is 0 Å². The number of rotatable bonds is 3. The van der Waals surface area contributed by atoms with E-state index in [1.54, 1.807) is 0 Å². The van der Waals surface area contributed by atoms with Gasteiger partial charge in [-0.1, -0.05) is 5.16 Å². The molecule has 0 radical (unpaired) electrons. The molecule has 1 fully saturated rings. The van der Waals surface area contributed by atoms with Crippen LogP contribution in [0.4, 0.5) is 0 Å². The molecule has 0 amide bonds. The van der Waals surface area contributed by atoms with E-state index in [1.165, 1.54) is 0 Å². The van der Waals surface area contributed by atoms with Crippen LogP contribution in [0.25, 0.3) is 0 Å². The molecule has 18 heavy (non-hydrogen) atoms. The molecule has 2 N–H and O–H groups in total. The highest BCUT2D eigenvalue weighted by molar-refractivity contribution is 5.00. The molecular formula is C12H22N4O2. The predicted molar refractivity (Wildman–Crippen MR) is 66.9 cm³/mol. The average molecular weight is 254 g/mol. The third-order valence-corrected chi connectivity index (χ3v) is 3.11. The second-order valence-electron chi connectivity index (χ2n) is 5.63. The molecule has 6 heteroatoms. The van der Waals surface area contributed by atoms with Crippen LogP contribution in [0.1, 0.15) is 45.5 Å². The smallest absolute Gasteiger partial charge is 0.246 e. The quantitative estimate of drug-likeness (QED) is 0.868. The molecule has 0 bridgehead atoms. The van der Waals surface area contributed by atoms with Crippen LogP contribution < -0.4 is 5.73 Å². The maximum atomic E-state index is 5.93. The number of nitrogens with zero attached hydrogens (tertiary/aromatic N) is 3. The fourth-order valence-corrected chi connectivity index (χ4v) is 1.92. The van der Waals surface area contributed by atoms with Gasteiger partial charge in [0.25, 0.3) is 0 Å². The van der Waals surface area contributed by atoms with Gasteiger partial charge in [0.15, 0.2) is 0 Å². The number of ether oxygens (including phenoxy) is 1. The van der Waals surface area contributed by atoms with E-state index in [1.807, 2.05) is 13.8 Å². The van der Waals surface area contributed by atoms with E-state index in [-0.39, 0.29) is 6.10 Å². The minimum absolute atomic E-state index is 0.124. The van der Waals surface area contributed by atoms with Gasteiger partial charge in [0.1, 0.15) is 6.10 Å². The molecule has 0 aromatic carbocycles. The molecular weight excluding hydrogens is 232 g/mol. The predicted octanol–water partition coefficient (Wildman–Crippen LogP) is 1.05. The van der Waals surface area contributed by atoms with Crippen molar-refractivity contribution in [1.82, 2.24) is 15.0 Å². The zero-order chi connectivity index (χ0) is 13.3. The molecule has 1 aromatic heterocycles. The van der Waals surface area contributed by atoms with E-state index >= 15 is 0 Å². The molecule has 102 valence electrons. The molecule has 0 aliphatic carbocycles. The van der Waals surface area contributed by atoms with Crippen LogP contribution in [0.2, 0.25) is 0 Å². The molecule has 6 nitrogen and oxygen atoms in total. The van der Waals surface area contributed by atoms with Crippen LogP contribution >= 0.6 is 0 Å². The maximum absolute atomic E-state index is 5.93. The SMILES string of the molecule is CC(C)N1CCOC(c2noc(C(C)(C)N)n2)C1. The number of nitrogens with two attached hydrogens (primary N) is 1. The summed E-state index contributed by atoms with van der Waals surface area (Å²) in [6, 6.07) is 0.494. The first-order valence-electron chi connectivity index (χ1n) is 6.36. The third-order valence-electron chi connectivity index (χ3n) is 3.11. The van der Waals surface area contributed by atoms with Crippen LogP contribution in [0.3, 0.4) is 0 Å². The van der Waals surface area contributed by atoms with Crippen LogP contribution in [-0.2, 0) is 10.3 Å². The van der Waals surface area contributed by atoms with Crippen LogP contribution in [-0.4, -0.2) is 40.8 Å². The number of morpholine rings is 1. The summed E-state index contributed by atoms with van der Waals surface area (Å²) in [7, 11) is 0. The zero-order valence-electron chi connectivity index (χ0n) is 11.5. The molecule has 1 unspecified atom stereocenters. The zero-order valence-corrected chi connectivity index (χ0v) is 11.5. The van der Waals surface area contributed by atoms with Crippen molar-refractivity contribution < 1.29 is 9.26 Å². The van der Waals surface area contributed by atoms with Gasteiger partial charge in [-0.25, -0.2) is 0 Å². The highest BCUT2D eigenvalue weighted by atomic mass is 16.5. The minimum Gasteiger partial charge on any atom is -0.367 e. The highest BCUT2D eigenvalue weighted by Gasteiger charge is 2.29. The second kappa shape index (κ2) is 4.95. The molecule has 0 saturated carbocycles. The summed E-state index contributed by atoms with van der Waals surface area (Å²) in [6.07, 6.45) is -0.124. The largest absolute Gasteiger partial charge is 0.367 e. The molecule has 1 aromatic rings. The van der Waals surface area contributed by atoms with Gasteiger partial charge in [0.2, 0.25) is 11.7 Å². The summed E-state index contributed by atoms with van der Waals surface area (Å²) in [5.74, 6) is 1.04. The molecule has 1 aliphatic rings. The van der Waals surface area contributed by atoms with Gasteiger partial charge < -0.3 is 15.0 Å². The first-order valence-corrected chi connectivity index (χ1v) is 6.36. The molecule has 1 atom stereocenters. The Hall–Kier alpha value is -0.980. The average Bonchev–Trinajstić information content (AvgIpc) is 2.78. The van der Waals surface area contributed by atoms with Crippen molar-refractivity contribution in [1.29, 1.82) is 0 Å². The minimum atomic E-state index is -0.613. The summed E-state index contributed by atoms with van der Waals surface area (Å²) < 4.78 is 10.9. The lowest BCUT2D eigenvalue weighted by molar-refractivity contribution is -0.0450. The topological polar surface area (TPSA) is 77.4 Å². The fourth-order valence-electron chi connectivity index (χ4n) is 1.92. The molecule has 2 heterocycles. The van der Waals surface area contributed by atoms with Gasteiger partial charge in [-0.05, 0) is 27.7 Å². The molecule has 1 aliphatic heterocycles. The van der Waals surface area contributed by atoms with Crippen molar-refractivity contribution in [2.24, 2.45) is 5.73 Å². The van der Waals surface area contributed by atoms with Gasteiger partial charge in [-0.3, -0.25) is 4.90 Å². The second-order valence-corrected chi connectivity index (χ2v) is 5.63. The maximum Gasteiger partial charge on any atom is 0.246 e. The Labute approximate surface area is 107 Å². The number of hydrogen-bond donors (Lipinski definition) is 1. The van der Waals surface area contributed by atoms with Gasteiger partial charge in [0.05, 0.1) is 12.1 Å². The fraction of sp³-hybridized carbons (Fsp3) is 0.833. The third kappa shape index (κ3) is 2.88. The Bertz CT molecular complexity index is 397. The van der Waals surface area contributed by atoms with Gasteiger partial charge in [-0.2, -0.15) is 4.98 Å². The van der Waals surface area contributed by atoms with Gasteiger partial charge in [-0.15, -0.1) is 0 Å². The summed E-state index contributed by atoms with van der Waals surface area (Å²) in [5.41, 5.74) is 5.31. The van der Waals surface area contributed by atoms with Crippen molar-refractivity contribution in [2.45, 2.75) is 45.4 Å². The first kappa shape index (κ1) is 13.5. The van der Waals surface area contributed by atoms with Crippen molar-refractivity contribution in [3.8, 4) is 0 Å². The first-order chi connectivity index (χ1) is 8.38. The summed E-state index contributed by atoms with van der Waals surface area (Å²) in [5, 5.41) is 3.98. The van der Waals surface area contributed by atoms with Crippen LogP contribution in [0.15, 0.2) is 4.52 Å². The van der Waals surface area contributed by atoms with Crippen LogP contribution in [0.5, 0.6) is 0 Å². The van der Waals surface area contributed by atoms with Crippen molar-refractivity contribution in [3.05, 3.63) is 11.7 Å². The van der Waals surface area contributed by atoms with Crippen LogP contribution in [0, 0.1) is 0 Å². The normalized spacial score (nSPS) is 22.7. The Balaban J connectivity index is 2.09. The Morgan fingerprint density at radius 1 is 1.44 bits per heavy atom. The van der Waals surface area contributed by atoms with Crippen molar-refractivity contribution in [2.75, 3.05) is 19.7 Å². The van der Waals surface area contributed by atoms with Gasteiger partial charge in [0, 0.05) is 19.1 Å². The Kier molecular flexibility index (Phi) is 3.70. The monoisotopic (exact) mass is 254 g/mol. The van der Waals surface area contributed by atoms with Gasteiger partial charge >= 0.3 is 0 Å². The summed E-state index contributed by atoms with van der Waals surface area (Å²) in [4.78, 5) is 6.69. The Morgan fingerprint density at radius 3 is 2.72 bits per heavy atom. The van der Waals surface area contributed by atoms with E-state index in [0.717, 1.165) is 13.1 Å².